The van der Waals surface area contributed by atoms with E-state index in [9.17, 15) is 4.79 Å². The number of benzene rings is 1. The van der Waals surface area contributed by atoms with Gasteiger partial charge >= 0.3 is 0 Å². The molecular weight excluding hydrogens is 232 g/mol. The second kappa shape index (κ2) is 5.48. The van der Waals surface area contributed by atoms with Crippen LogP contribution in [0.4, 0.5) is 0 Å². The zero-order chi connectivity index (χ0) is 14.0. The van der Waals surface area contributed by atoms with E-state index in [4.69, 9.17) is 0 Å². The van der Waals surface area contributed by atoms with Crippen LogP contribution in [0.3, 0.4) is 0 Å². The summed E-state index contributed by atoms with van der Waals surface area (Å²) >= 11 is 0. The normalized spacial score (nSPS) is 27.5. The highest BCUT2D eigenvalue weighted by molar-refractivity contribution is 5.94. The van der Waals surface area contributed by atoms with Crippen molar-refractivity contribution in [3.05, 3.63) is 35.4 Å². The van der Waals surface area contributed by atoms with Crippen LogP contribution < -0.4 is 0 Å². The van der Waals surface area contributed by atoms with Crippen molar-refractivity contribution in [2.24, 2.45) is 11.8 Å². The van der Waals surface area contributed by atoms with Crippen molar-refractivity contribution < 1.29 is 4.79 Å². The Balaban J connectivity index is 2.11. The van der Waals surface area contributed by atoms with Crippen LogP contribution in [-0.4, -0.2) is 5.78 Å². The first-order chi connectivity index (χ1) is 8.92. The minimum absolute atomic E-state index is 0.153. The Labute approximate surface area is 117 Å². The van der Waals surface area contributed by atoms with Gasteiger partial charge in [-0.25, -0.2) is 0 Å². The number of Topliss-reactive ketones (excluding diaryl/α,β-unsaturated/α-hetero) is 1. The predicted octanol–water partition coefficient (Wildman–Crippen LogP) is 4.99. The third-order valence-electron chi connectivity index (χ3n) is 5.06. The second-order valence-corrected chi connectivity index (χ2v) is 6.78. The third kappa shape index (κ3) is 3.08. The lowest BCUT2D eigenvalue weighted by atomic mass is 9.66. The van der Waals surface area contributed by atoms with E-state index in [1.54, 1.807) is 6.92 Å². The number of hydrogen-bond donors (Lipinski definition) is 0. The van der Waals surface area contributed by atoms with Crippen molar-refractivity contribution in [1.82, 2.24) is 0 Å². The average molecular weight is 258 g/mol. The van der Waals surface area contributed by atoms with Crippen molar-refractivity contribution in [3.63, 3.8) is 0 Å². The molecule has 1 aliphatic rings. The van der Waals surface area contributed by atoms with Crippen LogP contribution in [0.5, 0.6) is 0 Å². The topological polar surface area (TPSA) is 17.1 Å². The summed E-state index contributed by atoms with van der Waals surface area (Å²) in [5, 5.41) is 0. The first-order valence-electron chi connectivity index (χ1n) is 7.54. The molecule has 1 aromatic rings. The van der Waals surface area contributed by atoms with E-state index < -0.39 is 0 Å². The minimum Gasteiger partial charge on any atom is -0.295 e. The molecule has 104 valence electrons. The zero-order valence-corrected chi connectivity index (χ0v) is 12.7. The summed E-state index contributed by atoms with van der Waals surface area (Å²) in [4.78, 5) is 11.3. The number of carbonyl (C=O) groups excluding carboxylic acids is 1. The highest BCUT2D eigenvalue weighted by atomic mass is 16.1. The van der Waals surface area contributed by atoms with Crippen LogP contribution in [0.1, 0.15) is 69.3 Å². The molecule has 0 bridgehead atoms. The first kappa shape index (κ1) is 14.3. The largest absolute Gasteiger partial charge is 0.295 e. The molecule has 0 heterocycles. The Kier molecular flexibility index (Phi) is 4.13. The number of rotatable bonds is 3. The molecule has 1 heteroatoms. The van der Waals surface area contributed by atoms with Crippen LogP contribution >= 0.6 is 0 Å². The van der Waals surface area contributed by atoms with Gasteiger partial charge in [0, 0.05) is 5.56 Å². The summed E-state index contributed by atoms with van der Waals surface area (Å²) in [6, 6.07) is 8.29. The van der Waals surface area contributed by atoms with Crippen LogP contribution in [0.2, 0.25) is 0 Å². The van der Waals surface area contributed by atoms with E-state index in [0.717, 1.165) is 17.4 Å². The molecule has 1 fully saturated rings. The molecule has 0 saturated heterocycles. The molecule has 0 spiro atoms. The lowest BCUT2D eigenvalue weighted by Gasteiger charge is -2.39. The van der Waals surface area contributed by atoms with E-state index in [2.05, 4.69) is 32.9 Å². The molecule has 1 aliphatic carbocycles. The molecule has 0 aliphatic heterocycles. The quantitative estimate of drug-likeness (QED) is 0.698. The van der Waals surface area contributed by atoms with Gasteiger partial charge in [0.2, 0.25) is 0 Å². The monoisotopic (exact) mass is 258 g/mol. The summed E-state index contributed by atoms with van der Waals surface area (Å²) in [5.41, 5.74) is 2.53. The van der Waals surface area contributed by atoms with E-state index in [1.807, 2.05) is 12.1 Å². The SMILES string of the molecule is CC(=O)c1ccc(C2(C)CCC(C(C)C)CC2)cc1. The molecular formula is C18H26O. The Hall–Kier alpha value is -1.11. The van der Waals surface area contributed by atoms with E-state index in [1.165, 1.54) is 31.2 Å². The Bertz CT molecular complexity index is 433. The van der Waals surface area contributed by atoms with Crippen LogP contribution in [-0.2, 0) is 5.41 Å². The highest BCUT2D eigenvalue weighted by Crippen LogP contribution is 2.43. The summed E-state index contributed by atoms with van der Waals surface area (Å²) in [7, 11) is 0. The van der Waals surface area contributed by atoms with Crippen molar-refractivity contribution in [2.45, 2.75) is 58.8 Å². The lowest BCUT2D eigenvalue weighted by Crippen LogP contribution is -2.30. The maximum atomic E-state index is 11.3. The van der Waals surface area contributed by atoms with Crippen molar-refractivity contribution in [1.29, 1.82) is 0 Å². The zero-order valence-electron chi connectivity index (χ0n) is 12.7. The fourth-order valence-electron chi connectivity index (χ4n) is 3.34. The van der Waals surface area contributed by atoms with Crippen LogP contribution in [0.15, 0.2) is 24.3 Å². The van der Waals surface area contributed by atoms with Gasteiger partial charge in [-0.05, 0) is 55.4 Å². The number of hydrogen-bond acceptors (Lipinski definition) is 1. The molecule has 0 atom stereocenters. The summed E-state index contributed by atoms with van der Waals surface area (Å²) < 4.78 is 0. The van der Waals surface area contributed by atoms with E-state index in [-0.39, 0.29) is 5.78 Å². The molecule has 2 rings (SSSR count). The Morgan fingerprint density at radius 1 is 1.16 bits per heavy atom. The standard InChI is InChI=1S/C18H26O/c1-13(2)15-9-11-18(4,12-10-15)17-7-5-16(6-8-17)14(3)19/h5-8,13,15H,9-12H2,1-4H3. The van der Waals surface area contributed by atoms with Gasteiger partial charge in [-0.1, -0.05) is 45.0 Å². The van der Waals surface area contributed by atoms with Gasteiger partial charge in [-0.15, -0.1) is 0 Å². The van der Waals surface area contributed by atoms with Crippen molar-refractivity contribution >= 4 is 5.78 Å². The Morgan fingerprint density at radius 3 is 2.11 bits per heavy atom. The van der Waals surface area contributed by atoms with Crippen molar-refractivity contribution in [3.8, 4) is 0 Å². The molecule has 0 aromatic heterocycles. The Morgan fingerprint density at radius 2 is 1.68 bits per heavy atom. The van der Waals surface area contributed by atoms with Gasteiger partial charge in [0.15, 0.2) is 5.78 Å². The predicted molar refractivity (Wildman–Crippen MR) is 80.6 cm³/mol. The van der Waals surface area contributed by atoms with E-state index in [0.29, 0.717) is 5.41 Å². The fraction of sp³-hybridized carbons (Fsp3) is 0.611. The molecule has 1 aromatic carbocycles. The second-order valence-electron chi connectivity index (χ2n) is 6.78. The summed E-state index contributed by atoms with van der Waals surface area (Å²) in [6.07, 6.45) is 5.22. The van der Waals surface area contributed by atoms with Gasteiger partial charge in [-0.3, -0.25) is 4.79 Å². The van der Waals surface area contributed by atoms with Gasteiger partial charge in [0.1, 0.15) is 0 Å². The van der Waals surface area contributed by atoms with Crippen LogP contribution in [0, 0.1) is 11.8 Å². The highest BCUT2D eigenvalue weighted by Gasteiger charge is 2.33. The van der Waals surface area contributed by atoms with Gasteiger partial charge in [0.25, 0.3) is 0 Å². The minimum atomic E-state index is 0.153. The molecule has 1 saturated carbocycles. The molecule has 1 nitrogen and oxygen atoms in total. The van der Waals surface area contributed by atoms with E-state index >= 15 is 0 Å². The lowest BCUT2D eigenvalue weighted by molar-refractivity contribution is 0.101. The molecule has 0 amide bonds. The fourth-order valence-corrected chi connectivity index (χ4v) is 3.34. The molecule has 19 heavy (non-hydrogen) atoms. The molecule has 0 N–H and O–H groups in total. The van der Waals surface area contributed by atoms with Gasteiger partial charge in [0.05, 0.1) is 0 Å². The number of ketones is 1. The van der Waals surface area contributed by atoms with Gasteiger partial charge in [-0.2, -0.15) is 0 Å². The van der Waals surface area contributed by atoms with Gasteiger partial charge < -0.3 is 0 Å². The van der Waals surface area contributed by atoms with Crippen molar-refractivity contribution in [2.75, 3.05) is 0 Å². The third-order valence-corrected chi connectivity index (χ3v) is 5.06. The first-order valence-corrected chi connectivity index (χ1v) is 7.54. The molecule has 0 unspecified atom stereocenters. The molecule has 0 radical (unpaired) electrons. The smallest absolute Gasteiger partial charge is 0.159 e. The number of carbonyl (C=O) groups is 1. The maximum absolute atomic E-state index is 11.3. The van der Waals surface area contributed by atoms with Crippen LogP contribution in [0.25, 0.3) is 0 Å². The summed E-state index contributed by atoms with van der Waals surface area (Å²) in [6.45, 7) is 8.70. The maximum Gasteiger partial charge on any atom is 0.159 e. The summed E-state index contributed by atoms with van der Waals surface area (Å²) in [5.74, 6) is 1.86. The average Bonchev–Trinajstić information content (AvgIpc) is 2.39.